The smallest absolute Gasteiger partial charge is 0.271 e. The van der Waals surface area contributed by atoms with Gasteiger partial charge >= 0.3 is 0 Å². The van der Waals surface area contributed by atoms with Crippen LogP contribution in [0, 0.1) is 16.0 Å². The number of piperidine rings is 1. The first-order valence-corrected chi connectivity index (χ1v) is 9.81. The van der Waals surface area contributed by atoms with Gasteiger partial charge in [0.05, 0.1) is 15.6 Å². The topological polar surface area (TPSA) is 75.5 Å². The van der Waals surface area contributed by atoms with E-state index in [-0.39, 0.29) is 23.2 Å². The van der Waals surface area contributed by atoms with Crippen LogP contribution in [-0.2, 0) is 11.3 Å². The minimum absolute atomic E-state index is 0.0981. The molecule has 0 bridgehead atoms. The van der Waals surface area contributed by atoms with Crippen molar-refractivity contribution in [1.29, 1.82) is 0 Å². The van der Waals surface area contributed by atoms with E-state index in [1.807, 2.05) is 12.1 Å². The standard InChI is InChI=1S/C19H19BrClN3O3/c20-15-3-1-13(2-4-15)12-23-9-7-14(8-10-23)19(25)22-18-11-16(24(26)27)5-6-17(18)21/h1-6,11,14H,7-10,12H2,(H,22,25). The Bertz CT molecular complexity index is 837. The van der Waals surface area contributed by atoms with Gasteiger partial charge in [0.15, 0.2) is 0 Å². The van der Waals surface area contributed by atoms with Gasteiger partial charge in [-0.25, -0.2) is 0 Å². The summed E-state index contributed by atoms with van der Waals surface area (Å²) in [5.41, 5.74) is 1.43. The highest BCUT2D eigenvalue weighted by Gasteiger charge is 2.26. The molecule has 2 aromatic carbocycles. The fourth-order valence-corrected chi connectivity index (χ4v) is 3.59. The summed E-state index contributed by atoms with van der Waals surface area (Å²) < 4.78 is 1.06. The first-order chi connectivity index (χ1) is 12.9. The van der Waals surface area contributed by atoms with E-state index in [4.69, 9.17) is 11.6 Å². The maximum atomic E-state index is 12.5. The third-order valence-corrected chi connectivity index (χ3v) is 5.55. The van der Waals surface area contributed by atoms with Crippen LogP contribution in [0.25, 0.3) is 0 Å². The molecule has 3 rings (SSSR count). The number of nitrogens with one attached hydrogen (secondary N) is 1. The molecule has 6 nitrogen and oxygen atoms in total. The van der Waals surface area contributed by atoms with Crippen molar-refractivity contribution in [1.82, 2.24) is 4.90 Å². The summed E-state index contributed by atoms with van der Waals surface area (Å²) in [4.78, 5) is 25.3. The summed E-state index contributed by atoms with van der Waals surface area (Å²) in [6.07, 6.45) is 1.49. The average molecular weight is 453 g/mol. The van der Waals surface area contributed by atoms with Crippen LogP contribution < -0.4 is 5.32 Å². The van der Waals surface area contributed by atoms with Gasteiger partial charge < -0.3 is 5.32 Å². The quantitative estimate of drug-likeness (QED) is 0.519. The zero-order chi connectivity index (χ0) is 19.4. The molecule has 0 aliphatic carbocycles. The van der Waals surface area contributed by atoms with E-state index in [1.54, 1.807) is 0 Å². The predicted octanol–water partition coefficient (Wildman–Crippen LogP) is 4.86. The van der Waals surface area contributed by atoms with E-state index in [0.29, 0.717) is 5.02 Å². The minimum atomic E-state index is -0.507. The van der Waals surface area contributed by atoms with Crippen LogP contribution in [0.2, 0.25) is 5.02 Å². The molecule has 1 N–H and O–H groups in total. The van der Waals surface area contributed by atoms with E-state index in [2.05, 4.69) is 38.3 Å². The van der Waals surface area contributed by atoms with Gasteiger partial charge in [-0.05, 0) is 49.7 Å². The third kappa shape index (κ3) is 5.28. The van der Waals surface area contributed by atoms with Gasteiger partial charge in [-0.1, -0.05) is 39.7 Å². The van der Waals surface area contributed by atoms with Gasteiger partial charge in [-0.15, -0.1) is 0 Å². The first kappa shape index (κ1) is 19.8. The lowest BCUT2D eigenvalue weighted by molar-refractivity contribution is -0.384. The highest BCUT2D eigenvalue weighted by Crippen LogP contribution is 2.28. The maximum absolute atomic E-state index is 12.5. The number of non-ortho nitro benzene ring substituents is 1. The van der Waals surface area contributed by atoms with Crippen LogP contribution in [0.4, 0.5) is 11.4 Å². The number of carbonyl (C=O) groups excluding carboxylic acids is 1. The second-order valence-electron chi connectivity index (χ2n) is 6.59. The zero-order valence-electron chi connectivity index (χ0n) is 14.5. The number of carbonyl (C=O) groups is 1. The Morgan fingerprint density at radius 1 is 1.22 bits per heavy atom. The molecule has 1 amide bonds. The second kappa shape index (κ2) is 8.82. The number of benzene rings is 2. The number of amides is 1. The highest BCUT2D eigenvalue weighted by atomic mass is 79.9. The number of likely N-dealkylation sites (tertiary alicyclic amines) is 1. The number of anilines is 1. The lowest BCUT2D eigenvalue weighted by Crippen LogP contribution is -2.37. The minimum Gasteiger partial charge on any atom is -0.324 e. The average Bonchev–Trinajstić information content (AvgIpc) is 2.65. The third-order valence-electron chi connectivity index (χ3n) is 4.70. The number of nitro groups is 1. The van der Waals surface area contributed by atoms with Gasteiger partial charge in [0.2, 0.25) is 5.91 Å². The van der Waals surface area contributed by atoms with Crippen molar-refractivity contribution in [2.45, 2.75) is 19.4 Å². The van der Waals surface area contributed by atoms with Crippen molar-refractivity contribution in [3.63, 3.8) is 0 Å². The van der Waals surface area contributed by atoms with Crippen LogP contribution in [0.15, 0.2) is 46.9 Å². The van der Waals surface area contributed by atoms with Crippen LogP contribution in [0.5, 0.6) is 0 Å². The normalized spacial score (nSPS) is 15.5. The summed E-state index contributed by atoms with van der Waals surface area (Å²) in [6.45, 7) is 2.52. The van der Waals surface area contributed by atoms with E-state index < -0.39 is 4.92 Å². The van der Waals surface area contributed by atoms with E-state index in [9.17, 15) is 14.9 Å². The van der Waals surface area contributed by atoms with Gasteiger partial charge in [0.25, 0.3) is 5.69 Å². The van der Waals surface area contributed by atoms with Crippen molar-refractivity contribution >= 4 is 44.8 Å². The van der Waals surface area contributed by atoms with Crippen LogP contribution in [0.3, 0.4) is 0 Å². The van der Waals surface area contributed by atoms with E-state index in [0.717, 1.165) is 36.9 Å². The molecule has 1 heterocycles. The molecule has 1 fully saturated rings. The number of hydrogen-bond acceptors (Lipinski definition) is 4. The number of rotatable bonds is 5. The molecule has 0 unspecified atom stereocenters. The van der Waals surface area contributed by atoms with Crippen LogP contribution in [0.1, 0.15) is 18.4 Å². The summed E-state index contributed by atoms with van der Waals surface area (Å²) in [5.74, 6) is -0.262. The molecule has 1 aliphatic heterocycles. The number of nitrogens with zero attached hydrogens (tertiary/aromatic N) is 2. The van der Waals surface area contributed by atoms with Crippen molar-refractivity contribution in [3.05, 3.63) is 67.6 Å². The Morgan fingerprint density at radius 3 is 2.52 bits per heavy atom. The summed E-state index contributed by atoms with van der Waals surface area (Å²) in [6, 6.07) is 12.3. The van der Waals surface area contributed by atoms with Gasteiger partial charge in [-0.3, -0.25) is 19.8 Å². The Hall–Kier alpha value is -1.96. The zero-order valence-corrected chi connectivity index (χ0v) is 16.9. The Labute approximate surface area is 170 Å². The van der Waals surface area contributed by atoms with E-state index >= 15 is 0 Å². The first-order valence-electron chi connectivity index (χ1n) is 8.64. The summed E-state index contributed by atoms with van der Waals surface area (Å²) >= 11 is 9.49. The monoisotopic (exact) mass is 451 g/mol. The van der Waals surface area contributed by atoms with Gasteiger partial charge in [-0.2, -0.15) is 0 Å². The Kier molecular flexibility index (Phi) is 6.46. The number of hydrogen-bond donors (Lipinski definition) is 1. The van der Waals surface area contributed by atoms with Crippen molar-refractivity contribution in [2.75, 3.05) is 18.4 Å². The molecule has 0 spiro atoms. The lowest BCUT2D eigenvalue weighted by atomic mass is 9.95. The molecule has 0 saturated carbocycles. The number of halogens is 2. The fourth-order valence-electron chi connectivity index (χ4n) is 3.16. The van der Waals surface area contributed by atoms with Crippen LogP contribution >= 0.6 is 27.5 Å². The fraction of sp³-hybridized carbons (Fsp3) is 0.316. The molecule has 1 aliphatic rings. The SMILES string of the molecule is O=C(Nc1cc([N+](=O)[O-])ccc1Cl)C1CCN(Cc2ccc(Br)cc2)CC1. The lowest BCUT2D eigenvalue weighted by Gasteiger charge is -2.31. The molecule has 0 aromatic heterocycles. The highest BCUT2D eigenvalue weighted by molar-refractivity contribution is 9.10. The van der Waals surface area contributed by atoms with E-state index in [1.165, 1.54) is 23.8 Å². The molecule has 0 atom stereocenters. The second-order valence-corrected chi connectivity index (χ2v) is 7.91. The van der Waals surface area contributed by atoms with Crippen molar-refractivity contribution in [3.8, 4) is 0 Å². The Morgan fingerprint density at radius 2 is 1.89 bits per heavy atom. The maximum Gasteiger partial charge on any atom is 0.271 e. The van der Waals surface area contributed by atoms with Crippen LogP contribution in [-0.4, -0.2) is 28.8 Å². The molecular weight excluding hydrogens is 434 g/mol. The molecule has 27 heavy (non-hydrogen) atoms. The molecule has 8 heteroatoms. The van der Waals surface area contributed by atoms with Gasteiger partial charge in [0, 0.05) is 29.1 Å². The Balaban J connectivity index is 1.55. The molecule has 1 saturated heterocycles. The molecule has 2 aromatic rings. The summed E-state index contributed by atoms with van der Waals surface area (Å²) in [7, 11) is 0. The van der Waals surface area contributed by atoms with Crippen molar-refractivity contribution in [2.24, 2.45) is 5.92 Å². The molecular formula is C19H19BrClN3O3. The molecule has 0 radical (unpaired) electrons. The number of nitro benzene ring substituents is 1. The largest absolute Gasteiger partial charge is 0.324 e. The van der Waals surface area contributed by atoms with Gasteiger partial charge in [0.1, 0.15) is 0 Å². The molecule has 142 valence electrons. The van der Waals surface area contributed by atoms with Crippen molar-refractivity contribution < 1.29 is 9.72 Å². The summed E-state index contributed by atoms with van der Waals surface area (Å²) in [5, 5.41) is 13.9. The predicted molar refractivity (Wildman–Crippen MR) is 109 cm³/mol.